The van der Waals surface area contributed by atoms with Crippen LogP contribution in [-0.4, -0.2) is 5.94 Å². The molecule has 0 aromatic heterocycles. The highest BCUT2D eigenvalue weighted by Gasteiger charge is 2.14. The highest BCUT2D eigenvalue weighted by molar-refractivity contribution is 5.52. The van der Waals surface area contributed by atoms with E-state index in [4.69, 9.17) is 0 Å². The van der Waals surface area contributed by atoms with Gasteiger partial charge in [0.25, 0.3) is 0 Å². The van der Waals surface area contributed by atoms with E-state index in [1.807, 2.05) is 12.0 Å². The summed E-state index contributed by atoms with van der Waals surface area (Å²) >= 11 is 0. The van der Waals surface area contributed by atoms with E-state index >= 15 is 0 Å². The van der Waals surface area contributed by atoms with Gasteiger partial charge in [-0.2, -0.15) is 0 Å². The second-order valence-electron chi connectivity index (χ2n) is 3.92. The van der Waals surface area contributed by atoms with E-state index in [9.17, 15) is 4.79 Å². The average molecular weight is 198 g/mol. The molecule has 2 rings (SSSR count). The van der Waals surface area contributed by atoms with Crippen molar-refractivity contribution in [2.75, 3.05) is 0 Å². The fraction of sp³-hybridized carbons (Fsp3) is 0.286. The van der Waals surface area contributed by atoms with Gasteiger partial charge >= 0.3 is 0 Å². The molecule has 1 nitrogen and oxygen atoms in total. The minimum atomic E-state index is 0.620. The maximum absolute atomic E-state index is 10.2. The van der Waals surface area contributed by atoms with Crippen LogP contribution < -0.4 is 0 Å². The molecule has 0 spiro atoms. The minimum absolute atomic E-state index is 0.620. The summed E-state index contributed by atoms with van der Waals surface area (Å²) in [5, 5.41) is 0. The van der Waals surface area contributed by atoms with E-state index in [1.165, 1.54) is 5.56 Å². The van der Waals surface area contributed by atoms with Crippen molar-refractivity contribution in [2.24, 2.45) is 0 Å². The predicted molar refractivity (Wildman–Crippen MR) is 61.4 cm³/mol. The van der Waals surface area contributed by atoms with Gasteiger partial charge in [0.05, 0.1) is 0 Å². The lowest BCUT2D eigenvalue weighted by Gasteiger charge is -2.20. The standard InChI is InChI=1S/C14H14O/c15-11-10-12-6-8-14(9-7-12)13-4-2-1-3-5-13/h1-6,10,14H,7-9H2. The molecule has 1 atom stereocenters. The van der Waals surface area contributed by atoms with Crippen molar-refractivity contribution in [1.29, 1.82) is 0 Å². The van der Waals surface area contributed by atoms with Crippen LogP contribution in [0, 0.1) is 0 Å². The van der Waals surface area contributed by atoms with Gasteiger partial charge in [-0.15, -0.1) is 0 Å². The fourth-order valence-corrected chi connectivity index (χ4v) is 2.09. The van der Waals surface area contributed by atoms with E-state index in [-0.39, 0.29) is 0 Å². The van der Waals surface area contributed by atoms with E-state index in [2.05, 4.69) is 30.3 Å². The van der Waals surface area contributed by atoms with Gasteiger partial charge in [0.1, 0.15) is 5.94 Å². The molecule has 0 amide bonds. The van der Waals surface area contributed by atoms with Gasteiger partial charge in [-0.05, 0) is 36.3 Å². The van der Waals surface area contributed by atoms with Gasteiger partial charge < -0.3 is 0 Å². The maximum Gasteiger partial charge on any atom is 0.124 e. The van der Waals surface area contributed by atoms with Crippen molar-refractivity contribution < 1.29 is 4.79 Å². The third-order valence-corrected chi connectivity index (χ3v) is 2.96. The second-order valence-corrected chi connectivity index (χ2v) is 3.92. The van der Waals surface area contributed by atoms with Crippen LogP contribution in [0.5, 0.6) is 0 Å². The molecule has 0 heterocycles. The highest BCUT2D eigenvalue weighted by Crippen LogP contribution is 2.31. The SMILES string of the molecule is O=C=CC1=CCC(c2ccccc2)CC1. The Hall–Kier alpha value is -1.59. The summed E-state index contributed by atoms with van der Waals surface area (Å²) in [5.41, 5.74) is 2.54. The Labute approximate surface area is 90.1 Å². The molecule has 0 saturated carbocycles. The molecule has 0 bridgehead atoms. The lowest BCUT2D eigenvalue weighted by Crippen LogP contribution is -2.03. The van der Waals surface area contributed by atoms with Crippen LogP contribution in [0.25, 0.3) is 0 Å². The molecule has 1 aliphatic carbocycles. The Bertz CT molecular complexity index is 397. The molecule has 0 radical (unpaired) electrons. The number of hydrogen-bond donors (Lipinski definition) is 0. The van der Waals surface area contributed by atoms with Gasteiger partial charge in [-0.3, -0.25) is 0 Å². The highest BCUT2D eigenvalue weighted by atomic mass is 16.1. The zero-order chi connectivity index (χ0) is 10.5. The van der Waals surface area contributed by atoms with Gasteiger partial charge in [0.15, 0.2) is 0 Å². The molecule has 1 unspecified atom stereocenters. The fourth-order valence-electron chi connectivity index (χ4n) is 2.09. The lowest BCUT2D eigenvalue weighted by atomic mass is 9.85. The molecule has 1 aromatic carbocycles. The lowest BCUT2D eigenvalue weighted by molar-refractivity contribution is 0.567. The minimum Gasteiger partial charge on any atom is -0.233 e. The van der Waals surface area contributed by atoms with Crippen molar-refractivity contribution in [1.82, 2.24) is 0 Å². The van der Waals surface area contributed by atoms with Gasteiger partial charge in [-0.25, -0.2) is 4.79 Å². The zero-order valence-electron chi connectivity index (χ0n) is 8.65. The van der Waals surface area contributed by atoms with Gasteiger partial charge in [0.2, 0.25) is 0 Å². The third-order valence-electron chi connectivity index (χ3n) is 2.96. The Morgan fingerprint density at radius 1 is 1.27 bits per heavy atom. The number of benzene rings is 1. The molecule has 0 saturated heterocycles. The van der Waals surface area contributed by atoms with E-state index < -0.39 is 0 Å². The summed E-state index contributed by atoms with van der Waals surface area (Å²) in [6.45, 7) is 0. The number of carbonyl (C=O) groups excluding carboxylic acids is 1. The quantitative estimate of drug-likeness (QED) is 0.666. The van der Waals surface area contributed by atoms with Crippen molar-refractivity contribution in [3.05, 3.63) is 53.6 Å². The smallest absolute Gasteiger partial charge is 0.124 e. The van der Waals surface area contributed by atoms with E-state index in [1.54, 1.807) is 6.08 Å². The van der Waals surface area contributed by atoms with Crippen LogP contribution in [0.15, 0.2) is 48.1 Å². The summed E-state index contributed by atoms with van der Waals surface area (Å²) in [6, 6.07) is 10.6. The first-order valence-electron chi connectivity index (χ1n) is 5.35. The van der Waals surface area contributed by atoms with Crippen molar-refractivity contribution >= 4 is 5.94 Å². The van der Waals surface area contributed by atoms with Crippen LogP contribution in [0.2, 0.25) is 0 Å². The summed E-state index contributed by atoms with van der Waals surface area (Å²) in [4.78, 5) is 10.2. The molecule has 0 aliphatic heterocycles. The molecule has 1 heteroatoms. The summed E-state index contributed by atoms with van der Waals surface area (Å²) < 4.78 is 0. The molecular weight excluding hydrogens is 184 g/mol. The largest absolute Gasteiger partial charge is 0.233 e. The summed E-state index contributed by atoms with van der Waals surface area (Å²) in [5.74, 6) is 2.47. The summed E-state index contributed by atoms with van der Waals surface area (Å²) in [6.07, 6.45) is 6.88. The normalized spacial score (nSPS) is 20.3. The second kappa shape index (κ2) is 4.77. The molecule has 76 valence electrons. The van der Waals surface area contributed by atoms with E-state index in [0.29, 0.717) is 5.92 Å². The number of allylic oxidation sites excluding steroid dienone is 3. The van der Waals surface area contributed by atoms with Crippen molar-refractivity contribution in [3.8, 4) is 0 Å². The van der Waals surface area contributed by atoms with Gasteiger partial charge in [0, 0.05) is 6.08 Å². The van der Waals surface area contributed by atoms with Crippen LogP contribution in [0.3, 0.4) is 0 Å². The van der Waals surface area contributed by atoms with Gasteiger partial charge in [-0.1, -0.05) is 36.4 Å². The van der Waals surface area contributed by atoms with Crippen molar-refractivity contribution in [3.63, 3.8) is 0 Å². The third kappa shape index (κ3) is 2.45. The van der Waals surface area contributed by atoms with Crippen molar-refractivity contribution in [2.45, 2.75) is 25.2 Å². The first-order valence-corrected chi connectivity index (χ1v) is 5.35. The molecule has 1 aliphatic rings. The first-order chi connectivity index (χ1) is 7.40. The Morgan fingerprint density at radius 2 is 2.07 bits per heavy atom. The van der Waals surface area contributed by atoms with Crippen LogP contribution in [-0.2, 0) is 4.79 Å². The monoisotopic (exact) mass is 198 g/mol. The molecule has 0 N–H and O–H groups in total. The Kier molecular flexibility index (Phi) is 3.16. The summed E-state index contributed by atoms with van der Waals surface area (Å²) in [7, 11) is 0. The molecule has 15 heavy (non-hydrogen) atoms. The topological polar surface area (TPSA) is 17.1 Å². The Morgan fingerprint density at radius 3 is 2.67 bits per heavy atom. The first kappa shape index (κ1) is 9.95. The van der Waals surface area contributed by atoms with E-state index in [0.717, 1.165) is 24.8 Å². The molecule has 1 aromatic rings. The number of rotatable bonds is 2. The van der Waals surface area contributed by atoms with Crippen LogP contribution in [0.4, 0.5) is 0 Å². The molecule has 0 fully saturated rings. The Balaban J connectivity index is 2.08. The van der Waals surface area contributed by atoms with Crippen LogP contribution >= 0.6 is 0 Å². The predicted octanol–water partition coefficient (Wildman–Crippen LogP) is 3.27. The maximum atomic E-state index is 10.2. The number of hydrogen-bond acceptors (Lipinski definition) is 1. The van der Waals surface area contributed by atoms with Crippen LogP contribution in [0.1, 0.15) is 30.7 Å². The average Bonchev–Trinajstić information content (AvgIpc) is 2.32. The molecular formula is C14H14O. The zero-order valence-corrected chi connectivity index (χ0v) is 8.65.